The second kappa shape index (κ2) is 8.10. The van der Waals surface area contributed by atoms with E-state index in [0.717, 1.165) is 22.3 Å². The Bertz CT molecular complexity index is 706. The Labute approximate surface area is 147 Å². The molecule has 6 nitrogen and oxygen atoms in total. The third-order valence-electron chi connectivity index (χ3n) is 3.98. The topological polar surface area (TPSA) is 80.5 Å². The van der Waals surface area contributed by atoms with E-state index in [9.17, 15) is 4.79 Å². The van der Waals surface area contributed by atoms with Crippen LogP contribution in [0.4, 0.5) is 10.6 Å². The van der Waals surface area contributed by atoms with Gasteiger partial charge in [0.1, 0.15) is 5.82 Å². The molecule has 0 saturated heterocycles. The predicted octanol–water partition coefficient (Wildman–Crippen LogP) is 2.62. The number of nitrogens with two attached hydrogens (primary N) is 1. The number of ether oxygens (including phenoxy) is 1. The lowest BCUT2D eigenvalue weighted by atomic mass is 9.98. The van der Waals surface area contributed by atoms with Gasteiger partial charge in [-0.15, -0.1) is 12.4 Å². The average molecular weight is 349 g/mol. The maximum absolute atomic E-state index is 12.1. The quantitative estimate of drug-likeness (QED) is 0.870. The zero-order valence-electron chi connectivity index (χ0n) is 13.5. The van der Waals surface area contributed by atoms with E-state index in [0.29, 0.717) is 32.1 Å². The van der Waals surface area contributed by atoms with Gasteiger partial charge in [0.05, 0.1) is 13.2 Å². The van der Waals surface area contributed by atoms with Crippen LogP contribution in [0.2, 0.25) is 0 Å². The number of aromatic nitrogens is 1. The van der Waals surface area contributed by atoms with Gasteiger partial charge in [-0.1, -0.05) is 24.3 Å². The highest BCUT2D eigenvalue weighted by molar-refractivity contribution is 5.93. The number of anilines is 1. The Kier molecular flexibility index (Phi) is 6.14. The molecule has 0 spiro atoms. The molecule has 0 aliphatic carbocycles. The molecule has 1 aliphatic rings. The van der Waals surface area contributed by atoms with Crippen LogP contribution in [0.1, 0.15) is 11.1 Å². The van der Waals surface area contributed by atoms with E-state index in [2.05, 4.69) is 10.3 Å². The van der Waals surface area contributed by atoms with Gasteiger partial charge in [0.2, 0.25) is 0 Å². The van der Waals surface area contributed by atoms with Crippen LogP contribution in [0, 0.1) is 0 Å². The van der Waals surface area contributed by atoms with Crippen LogP contribution >= 0.6 is 12.4 Å². The number of benzene rings is 1. The second-order valence-corrected chi connectivity index (χ2v) is 5.43. The van der Waals surface area contributed by atoms with Gasteiger partial charge in [-0.05, 0) is 22.8 Å². The van der Waals surface area contributed by atoms with E-state index in [1.807, 2.05) is 30.3 Å². The summed E-state index contributed by atoms with van der Waals surface area (Å²) in [6.07, 6.45) is 1.72. The molecule has 3 N–H and O–H groups in total. The fourth-order valence-electron chi connectivity index (χ4n) is 2.68. The number of pyridine rings is 1. The zero-order chi connectivity index (χ0) is 16.2. The van der Waals surface area contributed by atoms with Crippen molar-refractivity contribution in [3.8, 4) is 11.1 Å². The van der Waals surface area contributed by atoms with Gasteiger partial charge >= 0.3 is 6.03 Å². The lowest BCUT2D eigenvalue weighted by Gasteiger charge is -2.29. The number of urea groups is 1. The van der Waals surface area contributed by atoms with Crippen molar-refractivity contribution in [3.05, 3.63) is 47.7 Å². The second-order valence-electron chi connectivity index (χ2n) is 5.43. The molecule has 0 unspecified atom stereocenters. The molecule has 24 heavy (non-hydrogen) atoms. The highest BCUT2D eigenvalue weighted by atomic mass is 35.5. The summed E-state index contributed by atoms with van der Waals surface area (Å²) < 4.78 is 5.07. The molecule has 1 aromatic carbocycles. The van der Waals surface area contributed by atoms with Crippen molar-refractivity contribution in [3.63, 3.8) is 0 Å². The van der Waals surface area contributed by atoms with Crippen molar-refractivity contribution in [2.45, 2.75) is 13.1 Å². The van der Waals surface area contributed by atoms with Crippen molar-refractivity contribution in [2.24, 2.45) is 5.73 Å². The number of carbonyl (C=O) groups excluding carboxylic acids is 1. The Hall–Kier alpha value is -2.15. The largest absolute Gasteiger partial charge is 0.383 e. The van der Waals surface area contributed by atoms with Crippen molar-refractivity contribution in [1.82, 2.24) is 9.88 Å². The molecule has 3 rings (SSSR count). The summed E-state index contributed by atoms with van der Waals surface area (Å²) in [6.45, 7) is 2.09. The monoisotopic (exact) mass is 348 g/mol. The van der Waals surface area contributed by atoms with E-state index < -0.39 is 0 Å². The number of fused-ring (bicyclic) bond motifs is 1. The fourth-order valence-corrected chi connectivity index (χ4v) is 2.68. The van der Waals surface area contributed by atoms with Gasteiger partial charge in [0, 0.05) is 32.0 Å². The Morgan fingerprint density at radius 3 is 2.71 bits per heavy atom. The summed E-state index contributed by atoms with van der Waals surface area (Å²) >= 11 is 0. The summed E-state index contributed by atoms with van der Waals surface area (Å²) in [6, 6.07) is 9.97. The number of nitrogens with zero attached hydrogens (tertiary/aromatic N) is 2. The van der Waals surface area contributed by atoms with Crippen molar-refractivity contribution in [1.29, 1.82) is 0 Å². The number of hydrogen-bond acceptors (Lipinski definition) is 4. The van der Waals surface area contributed by atoms with Gasteiger partial charge in [-0.25, -0.2) is 9.78 Å². The number of amides is 2. The first-order valence-electron chi connectivity index (χ1n) is 7.55. The first-order chi connectivity index (χ1) is 11.2. The maximum atomic E-state index is 12.1. The highest BCUT2D eigenvalue weighted by Crippen LogP contribution is 2.31. The summed E-state index contributed by atoms with van der Waals surface area (Å²) in [4.78, 5) is 18.1. The van der Waals surface area contributed by atoms with Crippen LogP contribution in [-0.2, 0) is 17.8 Å². The minimum Gasteiger partial charge on any atom is -0.383 e. The van der Waals surface area contributed by atoms with E-state index in [4.69, 9.17) is 10.5 Å². The molecule has 128 valence electrons. The lowest BCUT2D eigenvalue weighted by Crippen LogP contribution is -2.41. The molecule has 0 atom stereocenters. The number of nitrogens with one attached hydrogen (secondary N) is 1. The third-order valence-corrected chi connectivity index (χ3v) is 3.98. The van der Waals surface area contributed by atoms with E-state index in [1.165, 1.54) is 0 Å². The van der Waals surface area contributed by atoms with Crippen molar-refractivity contribution >= 4 is 24.3 Å². The number of carbonyl (C=O) groups is 1. The van der Waals surface area contributed by atoms with Crippen LogP contribution in [0.5, 0.6) is 0 Å². The SMILES string of the molecule is COCCN1Cc2c(-c3ccc(CN)cc3)ccnc2NC1=O.Cl. The van der Waals surface area contributed by atoms with Crippen LogP contribution in [0.25, 0.3) is 11.1 Å². The Morgan fingerprint density at radius 1 is 1.29 bits per heavy atom. The number of halogens is 1. The first-order valence-corrected chi connectivity index (χ1v) is 7.55. The molecule has 2 amide bonds. The molecule has 1 aromatic heterocycles. The molecule has 2 heterocycles. The normalized spacial score (nSPS) is 13.1. The summed E-state index contributed by atoms with van der Waals surface area (Å²) in [5.41, 5.74) is 9.92. The van der Waals surface area contributed by atoms with Gasteiger partial charge in [-0.2, -0.15) is 0 Å². The minimum absolute atomic E-state index is 0. The smallest absolute Gasteiger partial charge is 0.323 e. The molecule has 0 radical (unpaired) electrons. The molecule has 2 aromatic rings. The van der Waals surface area contributed by atoms with Gasteiger partial charge < -0.3 is 15.4 Å². The summed E-state index contributed by atoms with van der Waals surface area (Å²) in [5.74, 6) is 0.629. The van der Waals surface area contributed by atoms with Crippen molar-refractivity contribution < 1.29 is 9.53 Å². The van der Waals surface area contributed by atoms with E-state index >= 15 is 0 Å². The van der Waals surface area contributed by atoms with Crippen molar-refractivity contribution in [2.75, 3.05) is 25.6 Å². The zero-order valence-corrected chi connectivity index (χ0v) is 14.3. The van der Waals surface area contributed by atoms with Crippen LogP contribution < -0.4 is 11.1 Å². The minimum atomic E-state index is -0.141. The predicted molar refractivity (Wildman–Crippen MR) is 96.1 cm³/mol. The van der Waals surface area contributed by atoms with Crippen LogP contribution in [0.3, 0.4) is 0 Å². The first kappa shape index (κ1) is 18.2. The maximum Gasteiger partial charge on any atom is 0.323 e. The molecule has 0 fully saturated rings. The van der Waals surface area contributed by atoms with E-state index in [1.54, 1.807) is 18.2 Å². The molecule has 1 aliphatic heterocycles. The molecule has 0 saturated carbocycles. The number of hydrogen-bond donors (Lipinski definition) is 2. The number of rotatable bonds is 5. The Balaban J connectivity index is 0.00000208. The van der Waals surface area contributed by atoms with Gasteiger partial charge in [0.15, 0.2) is 0 Å². The van der Waals surface area contributed by atoms with Crippen LogP contribution in [0.15, 0.2) is 36.5 Å². The third kappa shape index (κ3) is 3.67. The van der Waals surface area contributed by atoms with Gasteiger partial charge in [0.25, 0.3) is 0 Å². The summed E-state index contributed by atoms with van der Waals surface area (Å²) in [5, 5.41) is 2.85. The molecular weight excluding hydrogens is 328 g/mol. The summed E-state index contributed by atoms with van der Waals surface area (Å²) in [7, 11) is 1.63. The fraction of sp³-hybridized carbons (Fsp3) is 0.294. The highest BCUT2D eigenvalue weighted by Gasteiger charge is 2.25. The number of methoxy groups -OCH3 is 1. The Morgan fingerprint density at radius 2 is 2.04 bits per heavy atom. The standard InChI is InChI=1S/C17H20N4O2.ClH/c1-23-9-8-21-11-15-14(6-7-19-16(15)20-17(21)22)13-4-2-12(10-18)3-5-13;/h2-7H,8-11,18H2,1H3,(H,19,20,22);1H. The van der Waals surface area contributed by atoms with E-state index in [-0.39, 0.29) is 18.4 Å². The lowest BCUT2D eigenvalue weighted by molar-refractivity contribution is 0.151. The van der Waals surface area contributed by atoms with Crippen LogP contribution in [-0.4, -0.2) is 36.2 Å². The molecule has 0 bridgehead atoms. The average Bonchev–Trinajstić information content (AvgIpc) is 2.59. The van der Waals surface area contributed by atoms with Gasteiger partial charge in [-0.3, -0.25) is 5.32 Å². The molecular formula is C17H21ClN4O2. The molecule has 7 heteroatoms.